The van der Waals surface area contributed by atoms with Gasteiger partial charge in [-0.15, -0.1) is 0 Å². The van der Waals surface area contributed by atoms with Crippen molar-refractivity contribution in [2.75, 3.05) is 13.3 Å². The average molecular weight is 588 g/mol. The van der Waals surface area contributed by atoms with Crippen LogP contribution in [-0.2, 0) is 32.7 Å². The number of hydrogen-bond acceptors (Lipinski definition) is 6. The number of likely N-dealkylation sites (tertiary alicyclic amines) is 1. The van der Waals surface area contributed by atoms with Crippen LogP contribution in [0.5, 0.6) is 5.75 Å². The standard InChI is InChI=1S/C36H45NO6/c38-34(40-23-25-9-2-1-3-10-25)37-20-19-36-18-7-6-14-30(36)32(37)21-27-16-17-28(22-31(27)36)41-24-42-35(39)43-33-15-8-12-26-11-4-5-13-29(26)33/h1-3,9-10,16-17,22,26,29-30,32-33H,4-8,11-15,18-21,23-24H2/t26-,29-,30+,32+,33?,36-/m0/s1. The second kappa shape index (κ2) is 12.4. The summed E-state index contributed by atoms with van der Waals surface area (Å²) in [5.41, 5.74) is 3.70. The molecule has 1 amide bonds. The smallest absolute Gasteiger partial charge is 0.457 e. The molecule has 43 heavy (non-hydrogen) atoms. The van der Waals surface area contributed by atoms with Crippen LogP contribution in [0.15, 0.2) is 48.5 Å². The maximum atomic E-state index is 13.3. The molecule has 0 spiro atoms. The predicted octanol–water partition coefficient (Wildman–Crippen LogP) is 7.93. The number of ether oxygens (including phenoxy) is 4. The van der Waals surface area contributed by atoms with Crippen molar-refractivity contribution in [2.45, 2.75) is 108 Å². The zero-order valence-electron chi connectivity index (χ0n) is 25.2. The van der Waals surface area contributed by atoms with Crippen LogP contribution in [0.1, 0.15) is 93.7 Å². The molecule has 1 unspecified atom stereocenters. The highest BCUT2D eigenvalue weighted by Crippen LogP contribution is 2.56. The van der Waals surface area contributed by atoms with E-state index < -0.39 is 6.16 Å². The number of hydrogen-bond donors (Lipinski definition) is 0. The molecule has 0 radical (unpaired) electrons. The van der Waals surface area contributed by atoms with Gasteiger partial charge in [-0.05, 0) is 97.9 Å². The van der Waals surface area contributed by atoms with Crippen LogP contribution >= 0.6 is 0 Å². The van der Waals surface area contributed by atoms with Gasteiger partial charge in [0.15, 0.2) is 0 Å². The number of rotatable bonds is 6. The monoisotopic (exact) mass is 587 g/mol. The maximum Gasteiger partial charge on any atom is 0.511 e. The first-order valence-electron chi connectivity index (χ1n) is 16.7. The predicted molar refractivity (Wildman–Crippen MR) is 162 cm³/mol. The molecule has 1 saturated heterocycles. The Morgan fingerprint density at radius 1 is 0.860 bits per heavy atom. The summed E-state index contributed by atoms with van der Waals surface area (Å²) in [6.07, 6.45) is 13.8. The highest BCUT2D eigenvalue weighted by Gasteiger charge is 2.55. The van der Waals surface area contributed by atoms with Crippen LogP contribution in [-0.4, -0.2) is 42.6 Å². The summed E-state index contributed by atoms with van der Waals surface area (Å²) >= 11 is 0. The fourth-order valence-electron chi connectivity index (χ4n) is 9.43. The minimum Gasteiger partial charge on any atom is -0.457 e. The maximum absolute atomic E-state index is 13.3. The highest BCUT2D eigenvalue weighted by atomic mass is 16.8. The Balaban J connectivity index is 0.990. The molecule has 4 fully saturated rings. The Morgan fingerprint density at radius 3 is 2.60 bits per heavy atom. The first kappa shape index (κ1) is 28.5. The van der Waals surface area contributed by atoms with Crippen molar-refractivity contribution in [1.82, 2.24) is 4.90 Å². The number of nitrogens with zero attached hydrogens (tertiary/aromatic N) is 1. The lowest BCUT2D eigenvalue weighted by molar-refractivity contribution is -0.0563. The summed E-state index contributed by atoms with van der Waals surface area (Å²) in [7, 11) is 0. The third kappa shape index (κ3) is 5.72. The van der Waals surface area contributed by atoms with Crippen molar-refractivity contribution in [3.05, 3.63) is 65.2 Å². The molecule has 0 N–H and O–H groups in total. The Labute approximate surface area is 255 Å². The van der Waals surface area contributed by atoms with Crippen molar-refractivity contribution >= 4 is 12.2 Å². The van der Waals surface area contributed by atoms with Crippen LogP contribution < -0.4 is 4.74 Å². The molecule has 7 heteroatoms. The van der Waals surface area contributed by atoms with E-state index in [0.717, 1.165) is 56.3 Å². The Morgan fingerprint density at radius 2 is 1.70 bits per heavy atom. The van der Waals surface area contributed by atoms with Gasteiger partial charge >= 0.3 is 12.2 Å². The van der Waals surface area contributed by atoms with E-state index in [0.29, 0.717) is 30.9 Å². The van der Waals surface area contributed by atoms with Gasteiger partial charge in [0.25, 0.3) is 0 Å². The van der Waals surface area contributed by atoms with Crippen molar-refractivity contribution in [2.24, 2.45) is 17.8 Å². The average Bonchev–Trinajstić information content (AvgIpc) is 3.04. The molecular formula is C36H45NO6. The molecule has 7 rings (SSSR count). The van der Waals surface area contributed by atoms with Gasteiger partial charge < -0.3 is 23.8 Å². The van der Waals surface area contributed by atoms with Gasteiger partial charge in [-0.3, -0.25) is 0 Å². The lowest BCUT2D eigenvalue weighted by Crippen LogP contribution is -2.62. The summed E-state index contributed by atoms with van der Waals surface area (Å²) in [6.45, 7) is 0.850. The molecule has 5 aliphatic rings. The summed E-state index contributed by atoms with van der Waals surface area (Å²) in [6, 6.07) is 16.3. The molecular weight excluding hydrogens is 542 g/mol. The fourth-order valence-corrected chi connectivity index (χ4v) is 9.43. The number of piperidine rings is 1. The molecule has 3 saturated carbocycles. The lowest BCUT2D eigenvalue weighted by atomic mass is 9.52. The fraction of sp³-hybridized carbons (Fsp3) is 0.611. The first-order valence-corrected chi connectivity index (χ1v) is 16.7. The first-order chi connectivity index (χ1) is 21.1. The highest BCUT2D eigenvalue weighted by molar-refractivity contribution is 5.69. The quantitative estimate of drug-likeness (QED) is 0.252. The van der Waals surface area contributed by atoms with Gasteiger partial charge in [-0.1, -0.05) is 68.5 Å². The normalized spacial score (nSPS) is 31.1. The Kier molecular flexibility index (Phi) is 8.24. The summed E-state index contributed by atoms with van der Waals surface area (Å²) < 4.78 is 23.0. The van der Waals surface area contributed by atoms with Crippen molar-refractivity contribution in [1.29, 1.82) is 0 Å². The van der Waals surface area contributed by atoms with Gasteiger partial charge in [-0.2, -0.15) is 0 Å². The van der Waals surface area contributed by atoms with Crippen LogP contribution in [0.4, 0.5) is 9.59 Å². The number of benzene rings is 2. The minimum atomic E-state index is -0.616. The van der Waals surface area contributed by atoms with E-state index in [2.05, 4.69) is 12.1 Å². The minimum absolute atomic E-state index is 0.0212. The number of carbonyl (C=O) groups excluding carboxylic acids is 2. The third-order valence-electron chi connectivity index (χ3n) is 11.4. The molecule has 6 atom stereocenters. The van der Waals surface area contributed by atoms with E-state index in [4.69, 9.17) is 18.9 Å². The third-order valence-corrected chi connectivity index (χ3v) is 11.4. The molecule has 7 nitrogen and oxygen atoms in total. The molecule has 4 aliphatic carbocycles. The molecule has 1 aliphatic heterocycles. The Hall–Kier alpha value is -3.22. The van der Waals surface area contributed by atoms with Crippen molar-refractivity contribution in [3.8, 4) is 5.75 Å². The van der Waals surface area contributed by atoms with Crippen molar-refractivity contribution < 1.29 is 28.5 Å². The van der Waals surface area contributed by atoms with E-state index in [1.807, 2.05) is 41.3 Å². The molecule has 230 valence electrons. The van der Waals surface area contributed by atoms with Gasteiger partial charge in [0, 0.05) is 18.0 Å². The number of amides is 1. The van der Waals surface area contributed by atoms with Crippen LogP contribution in [0, 0.1) is 17.8 Å². The van der Waals surface area contributed by atoms with Crippen LogP contribution in [0.3, 0.4) is 0 Å². The van der Waals surface area contributed by atoms with E-state index in [1.165, 1.54) is 49.7 Å². The van der Waals surface area contributed by atoms with Crippen LogP contribution in [0.2, 0.25) is 0 Å². The summed E-state index contributed by atoms with van der Waals surface area (Å²) in [5, 5.41) is 0. The molecule has 2 bridgehead atoms. The zero-order valence-corrected chi connectivity index (χ0v) is 25.2. The summed E-state index contributed by atoms with van der Waals surface area (Å²) in [5.74, 6) is 2.31. The van der Waals surface area contributed by atoms with Crippen molar-refractivity contribution in [3.63, 3.8) is 0 Å². The van der Waals surface area contributed by atoms with E-state index in [-0.39, 0.29) is 30.4 Å². The number of carbonyl (C=O) groups is 2. The summed E-state index contributed by atoms with van der Waals surface area (Å²) in [4.78, 5) is 27.9. The van der Waals surface area contributed by atoms with Crippen LogP contribution in [0.25, 0.3) is 0 Å². The molecule has 2 aromatic carbocycles. The van der Waals surface area contributed by atoms with E-state index >= 15 is 0 Å². The largest absolute Gasteiger partial charge is 0.511 e. The van der Waals surface area contributed by atoms with E-state index in [1.54, 1.807) is 0 Å². The second-order valence-electron chi connectivity index (χ2n) is 13.5. The topological polar surface area (TPSA) is 74.3 Å². The van der Waals surface area contributed by atoms with Gasteiger partial charge in [0.2, 0.25) is 6.79 Å². The zero-order chi connectivity index (χ0) is 29.2. The number of fused-ring (bicyclic) bond motifs is 2. The van der Waals surface area contributed by atoms with E-state index in [9.17, 15) is 9.59 Å². The molecule has 2 aromatic rings. The van der Waals surface area contributed by atoms with Gasteiger partial charge in [0.1, 0.15) is 18.5 Å². The lowest BCUT2D eigenvalue weighted by Gasteiger charge is -2.58. The SMILES string of the molecule is O=C(OCOc1ccc2c(c1)[C@]13CCCC[C@@H]1[C@@H](C2)N(C(=O)OCc1ccccc1)CC3)OC1CCC[C@@H]2CCCC[C@H]12. The Bertz CT molecular complexity index is 1300. The van der Waals surface area contributed by atoms with Gasteiger partial charge in [-0.25, -0.2) is 9.59 Å². The van der Waals surface area contributed by atoms with Gasteiger partial charge in [0.05, 0.1) is 0 Å². The second-order valence-corrected chi connectivity index (χ2v) is 13.5. The molecule has 0 aromatic heterocycles. The molecule has 1 heterocycles.